The highest BCUT2D eigenvalue weighted by Crippen LogP contribution is 2.33. The van der Waals surface area contributed by atoms with Crippen LogP contribution in [-0.4, -0.2) is 52.8 Å². The van der Waals surface area contributed by atoms with Gasteiger partial charge in [-0.3, -0.25) is 14.8 Å². The number of carbonyl (C=O) groups is 1. The van der Waals surface area contributed by atoms with E-state index in [9.17, 15) is 13.2 Å². The van der Waals surface area contributed by atoms with Crippen LogP contribution >= 0.6 is 23.2 Å². The summed E-state index contributed by atoms with van der Waals surface area (Å²) in [7, 11) is -3.70. The van der Waals surface area contributed by atoms with Crippen LogP contribution in [0, 0.1) is 28.2 Å². The summed E-state index contributed by atoms with van der Waals surface area (Å²) in [5.41, 5.74) is 5.13. The summed E-state index contributed by atoms with van der Waals surface area (Å²) < 4.78 is 31.8. The molecule has 1 aliphatic heterocycles. The number of hydrogen-bond acceptors (Lipinski definition) is 9. The maximum Gasteiger partial charge on any atom is 0.309 e. The molecule has 228 valence electrons. The summed E-state index contributed by atoms with van der Waals surface area (Å²) in [5, 5.41) is 17.5. The minimum Gasteiger partial charge on any atom is -0.382 e. The maximum absolute atomic E-state index is 13.3. The molecule has 42 heavy (non-hydrogen) atoms. The number of benzene rings is 2. The second-order valence-electron chi connectivity index (χ2n) is 10.1. The van der Waals surface area contributed by atoms with E-state index in [4.69, 9.17) is 47.7 Å². The number of rotatable bonds is 9. The van der Waals surface area contributed by atoms with E-state index >= 15 is 0 Å². The average molecular weight is 642 g/mol. The van der Waals surface area contributed by atoms with Crippen LogP contribution in [-0.2, 0) is 10.1 Å². The van der Waals surface area contributed by atoms with E-state index in [0.717, 1.165) is 32.4 Å². The van der Waals surface area contributed by atoms with Crippen LogP contribution in [0.3, 0.4) is 0 Å². The van der Waals surface area contributed by atoms with Gasteiger partial charge in [-0.2, -0.15) is 8.42 Å². The van der Waals surface area contributed by atoms with Gasteiger partial charge in [0.05, 0.1) is 21.6 Å². The molecule has 0 saturated carbocycles. The van der Waals surface area contributed by atoms with Crippen LogP contribution in [0.25, 0.3) is 17.1 Å². The van der Waals surface area contributed by atoms with E-state index in [2.05, 4.69) is 5.43 Å². The van der Waals surface area contributed by atoms with Crippen molar-refractivity contribution in [3.05, 3.63) is 79.2 Å². The summed E-state index contributed by atoms with van der Waals surface area (Å²) in [5.74, 6) is 0.572. The number of amides is 1. The van der Waals surface area contributed by atoms with Crippen molar-refractivity contribution in [3.8, 4) is 22.8 Å². The number of imidazole rings is 1. The van der Waals surface area contributed by atoms with Crippen molar-refractivity contribution >= 4 is 39.2 Å². The molecule has 1 N–H and O–H groups in total. The maximum atomic E-state index is 13.3. The molecule has 1 fully saturated rings. The first-order chi connectivity index (χ1) is 19.8. The number of hydrogen-bond donors (Lipinski definition) is 1. The molecular weight excluding hydrogens is 609 g/mol. The number of halogens is 2. The molecule has 2 heterocycles. The molecule has 1 saturated heterocycles. The summed E-state index contributed by atoms with van der Waals surface area (Å²) in [6.07, 6.45) is 3.72. The molecule has 1 aliphatic rings. The van der Waals surface area contributed by atoms with Crippen molar-refractivity contribution in [1.82, 2.24) is 20.0 Å². The monoisotopic (exact) mass is 640 g/mol. The van der Waals surface area contributed by atoms with Gasteiger partial charge in [0.25, 0.3) is 5.91 Å². The van der Waals surface area contributed by atoms with Crippen LogP contribution < -0.4 is 9.61 Å². The normalized spacial score (nSPS) is 13.8. The fourth-order valence-corrected chi connectivity index (χ4v) is 6.05. The third-order valence-electron chi connectivity index (χ3n) is 6.37. The highest BCUT2D eigenvalue weighted by molar-refractivity contribution is 7.87. The predicted octanol–water partition coefficient (Wildman–Crippen LogP) is 5.80. The van der Waals surface area contributed by atoms with Crippen molar-refractivity contribution in [2.75, 3.05) is 18.8 Å². The lowest BCUT2D eigenvalue weighted by Crippen LogP contribution is -2.45. The van der Waals surface area contributed by atoms with Crippen molar-refractivity contribution in [1.29, 1.82) is 0 Å². The van der Waals surface area contributed by atoms with Gasteiger partial charge in [-0.1, -0.05) is 43.5 Å². The molecule has 0 aliphatic carbocycles. The van der Waals surface area contributed by atoms with Crippen molar-refractivity contribution < 1.29 is 22.5 Å². The topological polar surface area (TPSA) is 160 Å². The number of nitrogens with zero attached hydrogens (tertiary/aromatic N) is 4. The van der Waals surface area contributed by atoms with Gasteiger partial charge in [0, 0.05) is 29.4 Å². The average Bonchev–Trinajstić information content (AvgIpc) is 3.25. The van der Waals surface area contributed by atoms with E-state index in [1.165, 1.54) is 0 Å². The lowest BCUT2D eigenvalue weighted by molar-refractivity contribution is -0.402. The van der Waals surface area contributed by atoms with Gasteiger partial charge in [-0.05, 0) is 74.6 Å². The lowest BCUT2D eigenvalue weighted by Gasteiger charge is -2.26. The highest BCUT2D eigenvalue weighted by Gasteiger charge is 2.25. The molecule has 3 aromatic rings. The molecule has 15 heteroatoms. The standard InChI is InChI=1S/C27H32Cl2N4O4S.NO3/c1-18(2)13-16-38(35,36)37-22-10-8-21(9-11-22)33-19(3)25(27(34)31-32-14-5-4-6-15-32)30-26(33)23-12-7-20(28)17-24(23)29;2-1(3)4/h7-12,17-18H,4-6,13-16H2,1-3H3,(H,31,34);/q;-1. The van der Waals surface area contributed by atoms with Crippen LogP contribution in [0.15, 0.2) is 42.5 Å². The third-order valence-corrected chi connectivity index (χ3v) is 8.10. The molecule has 12 nitrogen and oxygen atoms in total. The van der Waals surface area contributed by atoms with Gasteiger partial charge in [0.15, 0.2) is 5.69 Å². The largest absolute Gasteiger partial charge is 0.382 e. The minimum absolute atomic E-state index is 0.0538. The zero-order valence-corrected chi connectivity index (χ0v) is 25.7. The molecule has 1 amide bonds. The predicted molar refractivity (Wildman–Crippen MR) is 161 cm³/mol. The van der Waals surface area contributed by atoms with Crippen LogP contribution in [0.4, 0.5) is 0 Å². The van der Waals surface area contributed by atoms with E-state index in [-0.39, 0.29) is 29.0 Å². The van der Waals surface area contributed by atoms with Crippen LogP contribution in [0.5, 0.6) is 5.75 Å². The molecule has 0 atom stereocenters. The van der Waals surface area contributed by atoms with Crippen molar-refractivity contribution in [2.45, 2.75) is 46.5 Å². The molecule has 0 spiro atoms. The Morgan fingerprint density at radius 2 is 1.71 bits per heavy atom. The van der Waals surface area contributed by atoms with E-state index in [0.29, 0.717) is 39.2 Å². The first kappa shape index (κ1) is 33.1. The lowest BCUT2D eigenvalue weighted by atomic mass is 10.2. The number of nitrogens with one attached hydrogen (secondary N) is 1. The summed E-state index contributed by atoms with van der Waals surface area (Å²) in [4.78, 5) is 26.2. The summed E-state index contributed by atoms with van der Waals surface area (Å²) in [6.45, 7) is 7.32. The smallest absolute Gasteiger partial charge is 0.309 e. The van der Waals surface area contributed by atoms with Gasteiger partial charge in [-0.25, -0.2) is 9.99 Å². The van der Waals surface area contributed by atoms with Gasteiger partial charge in [0.2, 0.25) is 0 Å². The SMILES string of the molecule is Cc1c(C(=O)NN2CCCCC2)nc(-c2ccc(Cl)cc2Cl)n1-c1ccc(OS(=O)(=O)CCC(C)C)cc1.O=[N+]([O-])[O-]. The number of hydrazine groups is 1. The molecule has 0 bridgehead atoms. The van der Waals surface area contributed by atoms with Gasteiger partial charge in [0.1, 0.15) is 11.6 Å². The minimum atomic E-state index is -3.70. The van der Waals surface area contributed by atoms with E-state index < -0.39 is 15.2 Å². The van der Waals surface area contributed by atoms with Crippen LogP contribution in [0.1, 0.15) is 55.7 Å². The van der Waals surface area contributed by atoms with Crippen LogP contribution in [0.2, 0.25) is 10.0 Å². The first-order valence-electron chi connectivity index (χ1n) is 13.2. The summed E-state index contributed by atoms with van der Waals surface area (Å²) in [6, 6.07) is 11.7. The molecule has 0 radical (unpaired) electrons. The van der Waals surface area contributed by atoms with Crippen molar-refractivity contribution in [3.63, 3.8) is 0 Å². The quantitative estimate of drug-likeness (QED) is 0.173. The molecular formula is C27H32Cl2N5O7S-. The van der Waals surface area contributed by atoms with Gasteiger partial charge < -0.3 is 19.5 Å². The summed E-state index contributed by atoms with van der Waals surface area (Å²) >= 11 is 12.7. The Hall–Kier alpha value is -3.39. The number of carbonyl (C=O) groups excluding carboxylic acids is 1. The Balaban J connectivity index is 0.00000114. The fraction of sp³-hybridized carbons (Fsp3) is 0.407. The highest BCUT2D eigenvalue weighted by atomic mass is 35.5. The number of piperidine rings is 1. The van der Waals surface area contributed by atoms with E-state index in [1.807, 2.05) is 30.3 Å². The Morgan fingerprint density at radius 3 is 2.29 bits per heavy atom. The second-order valence-corrected chi connectivity index (χ2v) is 12.6. The first-order valence-corrected chi connectivity index (χ1v) is 15.6. The Bertz CT molecular complexity index is 1500. The Labute approximate surface area is 254 Å². The van der Waals surface area contributed by atoms with Gasteiger partial charge in [-0.15, -0.1) is 0 Å². The molecule has 2 aromatic carbocycles. The molecule has 4 rings (SSSR count). The second kappa shape index (κ2) is 14.7. The zero-order chi connectivity index (χ0) is 31.0. The Kier molecular flexibility index (Phi) is 11.6. The Morgan fingerprint density at radius 1 is 1.10 bits per heavy atom. The molecule has 1 aromatic heterocycles. The van der Waals surface area contributed by atoms with Gasteiger partial charge >= 0.3 is 10.1 Å². The fourth-order valence-electron chi connectivity index (χ4n) is 4.31. The molecule has 0 unspecified atom stereocenters. The number of aromatic nitrogens is 2. The van der Waals surface area contributed by atoms with E-state index in [1.54, 1.807) is 42.5 Å². The third kappa shape index (κ3) is 9.31. The van der Waals surface area contributed by atoms with Crippen molar-refractivity contribution in [2.24, 2.45) is 5.92 Å². The zero-order valence-electron chi connectivity index (χ0n) is 23.4.